The van der Waals surface area contributed by atoms with Crippen LogP contribution in [0.15, 0.2) is 176 Å². The number of hydrogen-bond acceptors (Lipinski definition) is 1. The molecule has 2 nitrogen and oxygen atoms in total. The van der Waals surface area contributed by atoms with Crippen molar-refractivity contribution in [1.82, 2.24) is 4.57 Å². The highest BCUT2D eigenvalue weighted by molar-refractivity contribution is 6.93. The van der Waals surface area contributed by atoms with Crippen molar-refractivity contribution in [2.45, 2.75) is 5.41 Å². The molecule has 238 valence electrons. The molecule has 1 spiro atoms. The highest BCUT2D eigenvalue weighted by Gasteiger charge is 2.55. The molecular weight excluding hydrogens is 627 g/mol. The second kappa shape index (κ2) is 9.40. The summed E-state index contributed by atoms with van der Waals surface area (Å²) in [6.45, 7) is -0.00521. The average molecular weight is 657 g/mol. The fraction of sp³-hybridized carbons (Fsp3) is 0.0204. The van der Waals surface area contributed by atoms with E-state index in [4.69, 9.17) is 0 Å². The van der Waals surface area contributed by atoms with Gasteiger partial charge in [-0.05, 0) is 85.3 Å². The number of fused-ring (bicyclic) bond motifs is 16. The zero-order valence-corrected chi connectivity index (χ0v) is 28.2. The van der Waals surface area contributed by atoms with Gasteiger partial charge in [-0.1, -0.05) is 152 Å². The quantitative estimate of drug-likeness (QED) is 0.160. The van der Waals surface area contributed by atoms with Gasteiger partial charge in [0.1, 0.15) is 0 Å². The van der Waals surface area contributed by atoms with Gasteiger partial charge in [-0.3, -0.25) is 0 Å². The van der Waals surface area contributed by atoms with Crippen LogP contribution in [0.4, 0.5) is 11.4 Å². The highest BCUT2D eigenvalue weighted by atomic mass is 15.1. The first kappa shape index (κ1) is 27.2. The molecule has 0 fully saturated rings. The Morgan fingerprint density at radius 3 is 1.88 bits per heavy atom. The molecule has 9 aromatic rings. The van der Waals surface area contributed by atoms with Crippen molar-refractivity contribution in [2.75, 3.05) is 4.81 Å². The number of rotatable bonds is 1. The summed E-state index contributed by atoms with van der Waals surface area (Å²) in [4.78, 5) is 2.72. The third-order valence-electron chi connectivity index (χ3n) is 12.5. The molecule has 4 aliphatic rings. The standard InChI is InChI=1S/C49H29BN2/c1-2-14-30(15-3-1)31-28-37-36-19-12-24-41-47(36)52(50-42-25-13-20-35-34-18-6-10-26-43(34)51(48(35)42)45(29-31)46(37)50)44-27-11-9-23-40(44)49(41)38-21-7-4-16-32(38)33-17-5-8-22-39(33)49/h1-29H. The van der Waals surface area contributed by atoms with Crippen LogP contribution in [0.2, 0.25) is 0 Å². The van der Waals surface area contributed by atoms with Crippen molar-refractivity contribution >= 4 is 51.0 Å². The third-order valence-corrected chi connectivity index (χ3v) is 12.5. The summed E-state index contributed by atoms with van der Waals surface area (Å²) >= 11 is 0. The van der Waals surface area contributed by atoms with Gasteiger partial charge < -0.3 is 9.38 Å². The lowest BCUT2D eigenvalue weighted by Crippen LogP contribution is -2.62. The molecule has 13 rings (SSSR count). The van der Waals surface area contributed by atoms with Crippen molar-refractivity contribution in [1.29, 1.82) is 0 Å². The largest absolute Gasteiger partial charge is 0.376 e. The summed E-state index contributed by atoms with van der Waals surface area (Å²) in [5.74, 6) is 0. The molecule has 52 heavy (non-hydrogen) atoms. The minimum atomic E-state index is -0.446. The number of nitrogens with zero attached hydrogens (tertiary/aromatic N) is 2. The molecule has 0 radical (unpaired) electrons. The third kappa shape index (κ3) is 3.00. The molecular formula is C49H29BN2. The van der Waals surface area contributed by atoms with E-state index in [-0.39, 0.29) is 6.85 Å². The van der Waals surface area contributed by atoms with Crippen molar-refractivity contribution in [3.8, 4) is 39.1 Å². The van der Waals surface area contributed by atoms with Crippen LogP contribution in [0.1, 0.15) is 22.3 Å². The van der Waals surface area contributed by atoms with Gasteiger partial charge in [0, 0.05) is 33.4 Å². The smallest absolute Gasteiger partial charge is 0.333 e. The Bertz CT molecular complexity index is 3000. The predicted molar refractivity (Wildman–Crippen MR) is 216 cm³/mol. The fourth-order valence-corrected chi connectivity index (χ4v) is 10.7. The Balaban J connectivity index is 1.24. The number of para-hydroxylation sites is 4. The Hall–Kier alpha value is -6.58. The summed E-state index contributed by atoms with van der Waals surface area (Å²) in [5.41, 5.74) is 21.9. The Labute approximate surface area is 302 Å². The van der Waals surface area contributed by atoms with Crippen molar-refractivity contribution in [3.63, 3.8) is 0 Å². The molecule has 0 saturated carbocycles. The van der Waals surface area contributed by atoms with Crippen molar-refractivity contribution < 1.29 is 0 Å². The van der Waals surface area contributed by atoms with Crippen LogP contribution in [0.3, 0.4) is 0 Å². The van der Waals surface area contributed by atoms with Crippen LogP contribution < -0.4 is 15.7 Å². The molecule has 0 amide bonds. The SMILES string of the molecule is c1ccc(-c2cc3c4c(c2)-n2c5ccccc5c5cccc(c52)B4N2c4ccccc4C4(c5ccccc5-c5ccccc54)c4cccc-3c42)cc1. The van der Waals surface area contributed by atoms with Gasteiger partial charge >= 0.3 is 6.85 Å². The lowest BCUT2D eigenvalue weighted by Gasteiger charge is -2.51. The zero-order valence-electron chi connectivity index (χ0n) is 28.2. The van der Waals surface area contributed by atoms with Crippen LogP contribution in [-0.2, 0) is 5.41 Å². The van der Waals surface area contributed by atoms with Crippen LogP contribution >= 0.6 is 0 Å². The minimum absolute atomic E-state index is 0.00521. The topological polar surface area (TPSA) is 8.17 Å². The Morgan fingerprint density at radius 2 is 1.06 bits per heavy atom. The number of aromatic nitrogens is 1. The van der Waals surface area contributed by atoms with Gasteiger partial charge in [0.15, 0.2) is 0 Å². The van der Waals surface area contributed by atoms with E-state index in [0.717, 1.165) is 0 Å². The van der Waals surface area contributed by atoms with Crippen molar-refractivity contribution in [3.05, 3.63) is 198 Å². The number of benzene rings is 8. The van der Waals surface area contributed by atoms with Crippen LogP contribution in [0, 0.1) is 0 Å². The fourth-order valence-electron chi connectivity index (χ4n) is 10.7. The molecule has 0 saturated heterocycles. The van der Waals surface area contributed by atoms with Gasteiger partial charge in [-0.25, -0.2) is 0 Å². The first-order valence-corrected chi connectivity index (χ1v) is 18.3. The number of hydrogen-bond donors (Lipinski definition) is 0. The second-order valence-corrected chi connectivity index (χ2v) is 14.8. The molecule has 0 atom stereocenters. The van der Waals surface area contributed by atoms with Crippen molar-refractivity contribution in [2.24, 2.45) is 0 Å². The van der Waals surface area contributed by atoms with Gasteiger partial charge in [0.2, 0.25) is 0 Å². The first-order chi connectivity index (χ1) is 25.8. The summed E-state index contributed by atoms with van der Waals surface area (Å²) in [5, 5.41) is 2.61. The highest BCUT2D eigenvalue weighted by Crippen LogP contribution is 2.64. The van der Waals surface area contributed by atoms with E-state index in [0.29, 0.717) is 0 Å². The first-order valence-electron chi connectivity index (χ1n) is 18.3. The molecule has 3 aliphatic heterocycles. The normalized spacial score (nSPS) is 14.6. The predicted octanol–water partition coefficient (Wildman–Crippen LogP) is 10.4. The van der Waals surface area contributed by atoms with E-state index in [2.05, 4.69) is 185 Å². The lowest BCUT2D eigenvalue weighted by molar-refractivity contribution is 0.756. The van der Waals surface area contributed by atoms with Crippen LogP contribution in [0.5, 0.6) is 0 Å². The maximum Gasteiger partial charge on any atom is 0.333 e. The maximum absolute atomic E-state index is 2.72. The molecule has 4 heterocycles. The number of anilines is 2. The summed E-state index contributed by atoms with van der Waals surface area (Å²) in [6.07, 6.45) is 0. The minimum Gasteiger partial charge on any atom is -0.376 e. The molecule has 0 N–H and O–H groups in total. The molecule has 1 aliphatic carbocycles. The lowest BCUT2D eigenvalue weighted by atomic mass is 9.42. The second-order valence-electron chi connectivity index (χ2n) is 14.8. The molecule has 0 unspecified atom stereocenters. The van der Waals surface area contributed by atoms with E-state index in [1.165, 1.54) is 105 Å². The molecule has 1 aromatic heterocycles. The molecule has 0 bridgehead atoms. The van der Waals surface area contributed by atoms with E-state index < -0.39 is 5.41 Å². The Morgan fingerprint density at radius 1 is 0.423 bits per heavy atom. The van der Waals surface area contributed by atoms with Crippen LogP contribution in [-0.4, -0.2) is 11.4 Å². The molecule has 8 aromatic carbocycles. The van der Waals surface area contributed by atoms with Crippen LogP contribution in [0.25, 0.3) is 60.9 Å². The van der Waals surface area contributed by atoms with Gasteiger partial charge in [-0.15, -0.1) is 0 Å². The summed E-state index contributed by atoms with van der Waals surface area (Å²) < 4.78 is 2.57. The van der Waals surface area contributed by atoms with E-state index in [1.807, 2.05) is 0 Å². The maximum atomic E-state index is 2.72. The Kier molecular flexibility index (Phi) is 4.91. The van der Waals surface area contributed by atoms with E-state index in [1.54, 1.807) is 0 Å². The molecule has 3 heteroatoms. The van der Waals surface area contributed by atoms with Gasteiger partial charge in [-0.2, -0.15) is 0 Å². The summed E-state index contributed by atoms with van der Waals surface area (Å²) in [7, 11) is 0. The van der Waals surface area contributed by atoms with Gasteiger partial charge in [0.05, 0.1) is 16.4 Å². The zero-order chi connectivity index (χ0) is 33.7. The van der Waals surface area contributed by atoms with E-state index >= 15 is 0 Å². The average Bonchev–Trinajstić information content (AvgIpc) is 3.71. The summed E-state index contributed by atoms with van der Waals surface area (Å²) in [6, 6.07) is 66.4. The van der Waals surface area contributed by atoms with Gasteiger partial charge in [0.25, 0.3) is 0 Å². The van der Waals surface area contributed by atoms with E-state index in [9.17, 15) is 0 Å². The monoisotopic (exact) mass is 656 g/mol.